The van der Waals surface area contributed by atoms with Gasteiger partial charge in [-0.05, 0) is 48.6 Å². The van der Waals surface area contributed by atoms with Gasteiger partial charge in [0.25, 0.3) is 5.91 Å². The Bertz CT molecular complexity index is 1280. The van der Waals surface area contributed by atoms with Crippen LogP contribution in [-0.4, -0.2) is 56.6 Å². The first-order valence-electron chi connectivity index (χ1n) is 14.2. The van der Waals surface area contributed by atoms with Crippen LogP contribution in [-0.2, 0) is 29.2 Å². The Hall–Kier alpha value is -4.14. The molecule has 3 amide bonds. The lowest BCUT2D eigenvalue weighted by Gasteiger charge is -2.24. The van der Waals surface area contributed by atoms with Crippen LogP contribution < -0.4 is 10.6 Å². The normalized spacial score (nSPS) is 15.5. The largest absolute Gasteiger partial charge is 0.373 e. The molecule has 3 N–H and O–H groups in total. The van der Waals surface area contributed by atoms with Gasteiger partial charge in [-0.25, -0.2) is 4.98 Å². The Morgan fingerprint density at radius 2 is 1.95 bits per heavy atom. The van der Waals surface area contributed by atoms with Crippen LogP contribution in [0.3, 0.4) is 0 Å². The summed E-state index contributed by atoms with van der Waals surface area (Å²) < 4.78 is 0. The Morgan fingerprint density at radius 1 is 1.15 bits per heavy atom. The van der Waals surface area contributed by atoms with Crippen molar-refractivity contribution in [1.82, 2.24) is 25.1 Å². The number of anilines is 1. The second-order valence-electron chi connectivity index (χ2n) is 10.4. The fourth-order valence-corrected chi connectivity index (χ4v) is 4.81. The number of nitrogens with one attached hydrogen (secondary N) is 3. The molecule has 0 unspecified atom stereocenters. The summed E-state index contributed by atoms with van der Waals surface area (Å²) in [5, 5.41) is 6.36. The molecule has 1 aliphatic rings. The molecule has 9 nitrogen and oxygen atoms in total. The van der Waals surface area contributed by atoms with Crippen molar-refractivity contribution in [2.24, 2.45) is 5.92 Å². The highest BCUT2D eigenvalue weighted by Gasteiger charge is 2.29. The highest BCUT2D eigenvalue weighted by molar-refractivity contribution is 5.95. The molecule has 4 rings (SSSR count). The lowest BCUT2D eigenvalue weighted by Crippen LogP contribution is -2.41. The third kappa shape index (κ3) is 7.28. The predicted octanol–water partition coefficient (Wildman–Crippen LogP) is 4.34. The van der Waals surface area contributed by atoms with Crippen LogP contribution in [0.2, 0.25) is 0 Å². The van der Waals surface area contributed by atoms with E-state index in [1.54, 1.807) is 17.3 Å². The predicted molar refractivity (Wildman–Crippen MR) is 155 cm³/mol. The maximum Gasteiger partial charge on any atom is 0.254 e. The van der Waals surface area contributed by atoms with Crippen molar-refractivity contribution >= 4 is 23.4 Å². The molecule has 2 heterocycles. The summed E-state index contributed by atoms with van der Waals surface area (Å²) in [6.07, 6.45) is 5.53. The summed E-state index contributed by atoms with van der Waals surface area (Å²) in [6, 6.07) is 15.2. The Labute approximate surface area is 236 Å². The van der Waals surface area contributed by atoms with Gasteiger partial charge in [0.15, 0.2) is 0 Å². The molecule has 0 fully saturated rings. The van der Waals surface area contributed by atoms with Crippen molar-refractivity contribution in [2.45, 2.75) is 65.7 Å². The zero-order chi connectivity index (χ0) is 28.5. The number of aromatic nitrogens is 2. The fraction of sp³-hybridized carbons (Fsp3) is 0.419. The summed E-state index contributed by atoms with van der Waals surface area (Å²) in [4.78, 5) is 50.3. The molecule has 9 heteroatoms. The molecule has 2 atom stereocenters. The number of imidazole rings is 1. The van der Waals surface area contributed by atoms with Crippen molar-refractivity contribution in [3.8, 4) is 0 Å². The van der Waals surface area contributed by atoms with E-state index in [0.717, 1.165) is 23.2 Å². The summed E-state index contributed by atoms with van der Waals surface area (Å²) in [5.41, 5.74) is 3.36. The third-order valence-corrected chi connectivity index (χ3v) is 7.42. The fourth-order valence-electron chi connectivity index (χ4n) is 4.81. The molecule has 0 spiro atoms. The highest BCUT2D eigenvalue weighted by atomic mass is 16.2. The SMILES string of the molecule is CC[C@@H]1Nc2ccc(C(=O)N(Cc3ccccc3)Cc3ncc[nH]3)cc2CN(CCCNC(=O)[C@@H](C)CC)C1=O. The van der Waals surface area contributed by atoms with E-state index in [9.17, 15) is 14.4 Å². The standard InChI is InChI=1S/C31H40N6O3/c1-4-22(3)29(38)34-14-9-17-36-20-25-18-24(12-13-27(25)35-26(5-2)31(36)40)30(39)37(21-28-32-15-16-33-28)19-23-10-7-6-8-11-23/h6-8,10-13,15-16,18,22,26,35H,4-5,9,14,17,19-21H2,1-3H3,(H,32,33)(H,34,38)/t22-,26-/m0/s1. The summed E-state index contributed by atoms with van der Waals surface area (Å²) in [5.74, 6) is 0.656. The average molecular weight is 545 g/mol. The van der Waals surface area contributed by atoms with E-state index in [0.29, 0.717) is 57.0 Å². The van der Waals surface area contributed by atoms with E-state index < -0.39 is 0 Å². The number of hydrogen-bond acceptors (Lipinski definition) is 5. The maximum absolute atomic E-state index is 13.8. The molecule has 212 valence electrons. The van der Waals surface area contributed by atoms with Gasteiger partial charge < -0.3 is 25.4 Å². The zero-order valence-corrected chi connectivity index (χ0v) is 23.7. The highest BCUT2D eigenvalue weighted by Crippen LogP contribution is 2.26. The van der Waals surface area contributed by atoms with Gasteiger partial charge in [0.2, 0.25) is 11.8 Å². The minimum atomic E-state index is -0.342. The van der Waals surface area contributed by atoms with Gasteiger partial charge in [0, 0.05) is 55.7 Å². The number of carbonyl (C=O) groups is 3. The Balaban J connectivity index is 1.52. The molecule has 2 aromatic carbocycles. The van der Waals surface area contributed by atoms with Gasteiger partial charge in [-0.1, -0.05) is 51.1 Å². The molecule has 0 bridgehead atoms. The number of fused-ring (bicyclic) bond motifs is 1. The number of nitrogens with zero attached hydrogens (tertiary/aromatic N) is 3. The monoisotopic (exact) mass is 544 g/mol. The van der Waals surface area contributed by atoms with Gasteiger partial charge >= 0.3 is 0 Å². The first-order chi connectivity index (χ1) is 19.4. The van der Waals surface area contributed by atoms with Gasteiger partial charge in [0.05, 0.1) is 6.54 Å². The quantitative estimate of drug-likeness (QED) is 0.294. The summed E-state index contributed by atoms with van der Waals surface area (Å²) in [6.45, 7) is 8.12. The summed E-state index contributed by atoms with van der Waals surface area (Å²) >= 11 is 0. The Kier molecular flexibility index (Phi) is 9.94. The molecule has 3 aromatic rings. The number of benzene rings is 2. The van der Waals surface area contributed by atoms with Crippen LogP contribution in [0, 0.1) is 5.92 Å². The minimum Gasteiger partial charge on any atom is -0.373 e. The van der Waals surface area contributed by atoms with E-state index in [1.165, 1.54) is 0 Å². The lowest BCUT2D eigenvalue weighted by molar-refractivity contribution is -0.132. The van der Waals surface area contributed by atoms with Crippen LogP contribution in [0.4, 0.5) is 5.69 Å². The molecule has 0 radical (unpaired) electrons. The van der Waals surface area contributed by atoms with E-state index in [4.69, 9.17) is 0 Å². The van der Waals surface area contributed by atoms with E-state index >= 15 is 0 Å². The van der Waals surface area contributed by atoms with Crippen LogP contribution in [0.1, 0.15) is 67.3 Å². The van der Waals surface area contributed by atoms with Gasteiger partial charge in [-0.15, -0.1) is 0 Å². The van der Waals surface area contributed by atoms with E-state index in [2.05, 4.69) is 20.6 Å². The van der Waals surface area contributed by atoms with Crippen LogP contribution in [0.15, 0.2) is 60.9 Å². The molecule has 1 aromatic heterocycles. The van der Waals surface area contributed by atoms with Crippen molar-refractivity contribution < 1.29 is 14.4 Å². The van der Waals surface area contributed by atoms with Gasteiger partial charge in [0.1, 0.15) is 11.9 Å². The number of carbonyl (C=O) groups excluding carboxylic acids is 3. The van der Waals surface area contributed by atoms with Crippen LogP contribution in [0.25, 0.3) is 0 Å². The zero-order valence-electron chi connectivity index (χ0n) is 23.7. The number of rotatable bonds is 12. The smallest absolute Gasteiger partial charge is 0.254 e. The van der Waals surface area contributed by atoms with Crippen LogP contribution >= 0.6 is 0 Å². The molecule has 40 heavy (non-hydrogen) atoms. The van der Waals surface area contributed by atoms with Gasteiger partial charge in [-0.3, -0.25) is 14.4 Å². The van der Waals surface area contributed by atoms with Crippen molar-refractivity contribution in [1.29, 1.82) is 0 Å². The molecule has 0 saturated heterocycles. The molecular formula is C31H40N6O3. The van der Waals surface area contributed by atoms with Crippen LogP contribution in [0.5, 0.6) is 0 Å². The van der Waals surface area contributed by atoms with E-state index in [1.807, 2.05) is 74.2 Å². The number of hydrogen-bond donors (Lipinski definition) is 3. The lowest BCUT2D eigenvalue weighted by atomic mass is 10.1. The second-order valence-corrected chi connectivity index (χ2v) is 10.4. The van der Waals surface area contributed by atoms with Crippen molar-refractivity contribution in [2.75, 3.05) is 18.4 Å². The first-order valence-corrected chi connectivity index (χ1v) is 14.2. The topological polar surface area (TPSA) is 110 Å². The third-order valence-electron chi connectivity index (χ3n) is 7.42. The molecule has 0 aliphatic carbocycles. The molecular weight excluding hydrogens is 504 g/mol. The second kappa shape index (κ2) is 13.8. The maximum atomic E-state index is 13.8. The minimum absolute atomic E-state index is 0.0226. The first kappa shape index (κ1) is 28.9. The summed E-state index contributed by atoms with van der Waals surface area (Å²) in [7, 11) is 0. The average Bonchev–Trinajstić information content (AvgIpc) is 3.45. The number of H-pyrrole nitrogens is 1. The van der Waals surface area contributed by atoms with Crippen molar-refractivity contribution in [3.05, 3.63) is 83.4 Å². The molecule has 1 aliphatic heterocycles. The van der Waals surface area contributed by atoms with E-state index in [-0.39, 0.29) is 29.7 Å². The number of aromatic amines is 1. The van der Waals surface area contributed by atoms with Gasteiger partial charge in [-0.2, -0.15) is 0 Å². The Morgan fingerprint density at radius 3 is 2.65 bits per heavy atom. The number of amides is 3. The molecule has 0 saturated carbocycles. The van der Waals surface area contributed by atoms with Crippen molar-refractivity contribution in [3.63, 3.8) is 0 Å².